The molecule has 0 saturated carbocycles. The van der Waals surface area contributed by atoms with E-state index in [-0.39, 0.29) is 0 Å². The van der Waals surface area contributed by atoms with E-state index in [0.29, 0.717) is 6.04 Å². The normalized spacial score (nSPS) is 12.9. The first-order valence-corrected chi connectivity index (χ1v) is 5.55. The van der Waals surface area contributed by atoms with Gasteiger partial charge in [0.2, 0.25) is 0 Å². The van der Waals surface area contributed by atoms with Crippen LogP contribution in [0.15, 0.2) is 37.1 Å². The van der Waals surface area contributed by atoms with Crippen molar-refractivity contribution in [2.45, 2.75) is 26.1 Å². The summed E-state index contributed by atoms with van der Waals surface area (Å²) >= 11 is 0. The highest BCUT2D eigenvalue weighted by atomic mass is 15.1. The van der Waals surface area contributed by atoms with Crippen molar-refractivity contribution in [1.29, 1.82) is 0 Å². The molecular weight excluding hydrogens is 200 g/mol. The lowest BCUT2D eigenvalue weighted by molar-refractivity contribution is 0.469. The van der Waals surface area contributed by atoms with Crippen LogP contribution in [-0.2, 0) is 20.1 Å². The van der Waals surface area contributed by atoms with Crippen LogP contribution < -0.4 is 5.32 Å². The number of nitrogens with one attached hydrogen (secondary N) is 1. The van der Waals surface area contributed by atoms with E-state index in [1.807, 2.05) is 18.7 Å². The maximum atomic E-state index is 4.03. The molecule has 0 bridgehead atoms. The summed E-state index contributed by atoms with van der Waals surface area (Å²) in [6.07, 6.45) is 7.71. The van der Waals surface area contributed by atoms with Crippen molar-refractivity contribution in [3.05, 3.63) is 42.7 Å². The van der Waals surface area contributed by atoms with E-state index >= 15 is 0 Å². The molecule has 86 valence electrons. The van der Waals surface area contributed by atoms with Gasteiger partial charge in [-0.1, -0.05) is 0 Å². The number of nitrogens with zero attached hydrogens (tertiary/aromatic N) is 3. The molecular formula is C12H18N4. The SMILES string of the molecule is CC(Cn1ccnc1)NCc1cccn1C. The quantitative estimate of drug-likeness (QED) is 0.823. The van der Waals surface area contributed by atoms with E-state index in [2.05, 4.69) is 51.7 Å². The van der Waals surface area contributed by atoms with E-state index in [1.165, 1.54) is 5.69 Å². The molecule has 1 unspecified atom stereocenters. The molecule has 4 nitrogen and oxygen atoms in total. The van der Waals surface area contributed by atoms with Crippen molar-refractivity contribution in [2.75, 3.05) is 0 Å². The Morgan fingerprint density at radius 1 is 1.44 bits per heavy atom. The zero-order chi connectivity index (χ0) is 11.4. The van der Waals surface area contributed by atoms with Crippen molar-refractivity contribution >= 4 is 0 Å². The minimum atomic E-state index is 0.434. The molecule has 16 heavy (non-hydrogen) atoms. The fraction of sp³-hybridized carbons (Fsp3) is 0.417. The van der Waals surface area contributed by atoms with Gasteiger partial charge in [0, 0.05) is 50.5 Å². The highest BCUT2D eigenvalue weighted by molar-refractivity contribution is 5.06. The smallest absolute Gasteiger partial charge is 0.0946 e. The van der Waals surface area contributed by atoms with E-state index in [0.717, 1.165) is 13.1 Å². The van der Waals surface area contributed by atoms with Crippen LogP contribution in [0.25, 0.3) is 0 Å². The zero-order valence-electron chi connectivity index (χ0n) is 9.80. The number of aromatic nitrogens is 3. The molecule has 1 N–H and O–H groups in total. The number of hydrogen-bond acceptors (Lipinski definition) is 2. The third-order valence-electron chi connectivity index (χ3n) is 2.73. The van der Waals surface area contributed by atoms with Crippen molar-refractivity contribution in [3.63, 3.8) is 0 Å². The van der Waals surface area contributed by atoms with Gasteiger partial charge in [0.1, 0.15) is 0 Å². The Morgan fingerprint density at radius 2 is 2.31 bits per heavy atom. The summed E-state index contributed by atoms with van der Waals surface area (Å²) < 4.78 is 4.22. The summed E-state index contributed by atoms with van der Waals surface area (Å²) in [5.41, 5.74) is 1.30. The molecule has 2 rings (SSSR count). The van der Waals surface area contributed by atoms with Crippen LogP contribution >= 0.6 is 0 Å². The maximum absolute atomic E-state index is 4.03. The van der Waals surface area contributed by atoms with Gasteiger partial charge in [-0.3, -0.25) is 0 Å². The monoisotopic (exact) mass is 218 g/mol. The van der Waals surface area contributed by atoms with Gasteiger partial charge in [0.15, 0.2) is 0 Å². The first kappa shape index (κ1) is 11.0. The molecule has 2 heterocycles. The highest BCUT2D eigenvalue weighted by Crippen LogP contribution is 2.00. The third kappa shape index (κ3) is 2.73. The largest absolute Gasteiger partial charge is 0.353 e. The van der Waals surface area contributed by atoms with Crippen LogP contribution in [0, 0.1) is 0 Å². The molecule has 1 atom stereocenters. The Bertz CT molecular complexity index is 416. The molecule has 0 aliphatic heterocycles. The number of rotatable bonds is 5. The lowest BCUT2D eigenvalue weighted by Crippen LogP contribution is -2.30. The van der Waals surface area contributed by atoms with Gasteiger partial charge in [0.25, 0.3) is 0 Å². The van der Waals surface area contributed by atoms with Crippen molar-refractivity contribution in [1.82, 2.24) is 19.4 Å². The topological polar surface area (TPSA) is 34.8 Å². The molecule has 0 aliphatic carbocycles. The second-order valence-electron chi connectivity index (χ2n) is 4.15. The van der Waals surface area contributed by atoms with Crippen LogP contribution in [0.4, 0.5) is 0 Å². The molecule has 0 spiro atoms. The van der Waals surface area contributed by atoms with Crippen LogP contribution in [0.5, 0.6) is 0 Å². The van der Waals surface area contributed by atoms with Gasteiger partial charge in [0.05, 0.1) is 6.33 Å². The Morgan fingerprint density at radius 3 is 2.94 bits per heavy atom. The Kier molecular flexibility index (Phi) is 3.41. The Labute approximate surface area is 95.9 Å². The molecule has 2 aromatic heterocycles. The second kappa shape index (κ2) is 4.99. The fourth-order valence-corrected chi connectivity index (χ4v) is 1.73. The molecule has 4 heteroatoms. The van der Waals surface area contributed by atoms with E-state index in [4.69, 9.17) is 0 Å². The molecule has 2 aromatic rings. The summed E-state index contributed by atoms with van der Waals surface area (Å²) in [5, 5.41) is 3.49. The number of aryl methyl sites for hydroxylation is 1. The first-order valence-electron chi connectivity index (χ1n) is 5.55. The van der Waals surface area contributed by atoms with Gasteiger partial charge in [-0.2, -0.15) is 0 Å². The van der Waals surface area contributed by atoms with Gasteiger partial charge in [-0.05, 0) is 19.1 Å². The van der Waals surface area contributed by atoms with E-state index in [9.17, 15) is 0 Å². The Hall–Kier alpha value is -1.55. The molecule has 0 amide bonds. The second-order valence-corrected chi connectivity index (χ2v) is 4.15. The number of imidazole rings is 1. The minimum Gasteiger partial charge on any atom is -0.353 e. The highest BCUT2D eigenvalue weighted by Gasteiger charge is 2.03. The van der Waals surface area contributed by atoms with Gasteiger partial charge in [-0.25, -0.2) is 4.98 Å². The summed E-state index contributed by atoms with van der Waals surface area (Å²) in [6.45, 7) is 4.03. The lowest BCUT2D eigenvalue weighted by atomic mass is 10.3. The third-order valence-corrected chi connectivity index (χ3v) is 2.73. The van der Waals surface area contributed by atoms with Crippen LogP contribution in [0.2, 0.25) is 0 Å². The molecule has 0 aliphatic rings. The number of hydrogen-bond donors (Lipinski definition) is 1. The van der Waals surface area contributed by atoms with Gasteiger partial charge >= 0.3 is 0 Å². The minimum absolute atomic E-state index is 0.434. The predicted molar refractivity (Wildman–Crippen MR) is 63.9 cm³/mol. The van der Waals surface area contributed by atoms with Crippen molar-refractivity contribution < 1.29 is 0 Å². The lowest BCUT2D eigenvalue weighted by Gasteiger charge is -2.14. The Balaban J connectivity index is 1.80. The average molecular weight is 218 g/mol. The van der Waals surface area contributed by atoms with Crippen molar-refractivity contribution in [3.8, 4) is 0 Å². The standard InChI is InChI=1S/C12H18N4/c1-11(9-16-7-5-13-10-16)14-8-12-4-3-6-15(12)2/h3-7,10-11,14H,8-9H2,1-2H3. The van der Waals surface area contributed by atoms with E-state index in [1.54, 1.807) is 0 Å². The molecule has 0 radical (unpaired) electrons. The fourth-order valence-electron chi connectivity index (χ4n) is 1.73. The van der Waals surface area contributed by atoms with Gasteiger partial charge < -0.3 is 14.5 Å². The molecule has 0 saturated heterocycles. The van der Waals surface area contributed by atoms with Crippen molar-refractivity contribution in [2.24, 2.45) is 7.05 Å². The van der Waals surface area contributed by atoms with Gasteiger partial charge in [-0.15, -0.1) is 0 Å². The molecule has 0 fully saturated rings. The summed E-state index contributed by atoms with van der Waals surface area (Å²) in [4.78, 5) is 4.03. The van der Waals surface area contributed by atoms with Crippen LogP contribution in [-0.4, -0.2) is 20.2 Å². The first-order chi connectivity index (χ1) is 7.75. The molecule has 0 aromatic carbocycles. The van der Waals surface area contributed by atoms with Crippen LogP contribution in [0.1, 0.15) is 12.6 Å². The summed E-state index contributed by atoms with van der Waals surface area (Å²) in [7, 11) is 2.07. The maximum Gasteiger partial charge on any atom is 0.0946 e. The average Bonchev–Trinajstić information content (AvgIpc) is 2.87. The predicted octanol–water partition coefficient (Wildman–Crippen LogP) is 1.40. The summed E-state index contributed by atoms with van der Waals surface area (Å²) in [6, 6.07) is 4.64. The summed E-state index contributed by atoms with van der Waals surface area (Å²) in [5.74, 6) is 0. The van der Waals surface area contributed by atoms with Crippen LogP contribution in [0.3, 0.4) is 0 Å². The zero-order valence-corrected chi connectivity index (χ0v) is 9.80. The van der Waals surface area contributed by atoms with E-state index < -0.39 is 0 Å².